The highest BCUT2D eigenvalue weighted by Crippen LogP contribution is 2.25. The quantitative estimate of drug-likeness (QED) is 0.478. The minimum Gasteiger partial charge on any atom is -0.508 e. The van der Waals surface area contributed by atoms with Crippen LogP contribution in [0.15, 0.2) is 54.6 Å². The van der Waals surface area contributed by atoms with E-state index in [-0.39, 0.29) is 29.9 Å². The third-order valence-corrected chi connectivity index (χ3v) is 7.33. The molecule has 2 fully saturated rings. The largest absolute Gasteiger partial charge is 0.508 e. The van der Waals surface area contributed by atoms with Crippen molar-refractivity contribution in [1.29, 1.82) is 0 Å². The number of carbonyl (C=O) groups excluding carboxylic acids is 2. The number of benzene rings is 2. The summed E-state index contributed by atoms with van der Waals surface area (Å²) in [5, 5.41) is 14.1. The van der Waals surface area contributed by atoms with E-state index < -0.39 is 12.1 Å². The number of nitroso groups, excluding NO2 is 1. The Kier molecular flexibility index (Phi) is 9.11. The van der Waals surface area contributed by atoms with Gasteiger partial charge in [0, 0.05) is 39.1 Å². The minimum absolute atomic E-state index is 0.151. The van der Waals surface area contributed by atoms with Gasteiger partial charge in [-0.05, 0) is 48.4 Å². The molecule has 0 radical (unpaired) electrons. The molecule has 198 valence electrons. The topological polar surface area (TPSA) is 102 Å². The Morgan fingerprint density at radius 2 is 1.78 bits per heavy atom. The van der Waals surface area contributed by atoms with Crippen molar-refractivity contribution in [2.24, 2.45) is 5.92 Å². The van der Waals surface area contributed by atoms with E-state index in [2.05, 4.69) is 5.32 Å². The summed E-state index contributed by atoms with van der Waals surface area (Å²) in [5.41, 5.74) is 1.88. The van der Waals surface area contributed by atoms with Crippen LogP contribution in [0.4, 0.5) is 0 Å². The van der Waals surface area contributed by atoms with Gasteiger partial charge < -0.3 is 20.1 Å². The molecule has 0 aromatic heterocycles. The molecule has 37 heavy (non-hydrogen) atoms. The number of phenolic OH excluding ortho intramolecular Hbond substituents is 1. The normalized spacial score (nSPS) is 19.0. The van der Waals surface area contributed by atoms with Crippen LogP contribution in [0.25, 0.3) is 0 Å². The van der Waals surface area contributed by atoms with Gasteiger partial charge in [0.1, 0.15) is 10.6 Å². The second-order valence-corrected chi connectivity index (χ2v) is 9.96. The SMILES string of the molecule is CN1CCC(C(C(=O)NCc2ccccc2)N(CC2CCOCC2)C(=O)CCc2ccc(O)cc2)[N+]1=O. The van der Waals surface area contributed by atoms with Crippen LogP contribution in [-0.4, -0.2) is 77.1 Å². The van der Waals surface area contributed by atoms with Crippen LogP contribution in [-0.2, 0) is 27.3 Å². The van der Waals surface area contributed by atoms with Gasteiger partial charge in [-0.3, -0.25) is 9.59 Å². The molecule has 4 rings (SSSR count). The van der Waals surface area contributed by atoms with Crippen molar-refractivity contribution >= 4 is 11.8 Å². The zero-order valence-electron chi connectivity index (χ0n) is 21.4. The number of hydrogen-bond donors (Lipinski definition) is 2. The van der Waals surface area contributed by atoms with Crippen LogP contribution in [0.2, 0.25) is 0 Å². The highest BCUT2D eigenvalue weighted by molar-refractivity contribution is 5.88. The number of rotatable bonds is 10. The maximum atomic E-state index is 13.8. The van der Waals surface area contributed by atoms with Crippen molar-refractivity contribution in [1.82, 2.24) is 15.2 Å². The number of ether oxygens (including phenoxy) is 1. The third-order valence-electron chi connectivity index (χ3n) is 7.33. The Morgan fingerprint density at radius 1 is 1.08 bits per heavy atom. The Labute approximate surface area is 217 Å². The van der Waals surface area contributed by atoms with Crippen LogP contribution in [0, 0.1) is 10.8 Å². The van der Waals surface area contributed by atoms with Crippen LogP contribution >= 0.6 is 0 Å². The first-order valence-electron chi connectivity index (χ1n) is 13.1. The summed E-state index contributed by atoms with van der Waals surface area (Å²) in [6, 6.07) is 14.8. The second-order valence-electron chi connectivity index (χ2n) is 9.96. The number of carbonyl (C=O) groups is 2. The van der Waals surface area contributed by atoms with Crippen molar-refractivity contribution in [3.05, 3.63) is 70.6 Å². The number of nitrogens with one attached hydrogen (secondary N) is 1. The lowest BCUT2D eigenvalue weighted by atomic mass is 9.95. The fraction of sp³-hybridized carbons (Fsp3) is 0.500. The number of hydrazine groups is 1. The molecule has 2 atom stereocenters. The minimum atomic E-state index is -0.902. The van der Waals surface area contributed by atoms with E-state index in [1.54, 1.807) is 41.2 Å². The summed E-state index contributed by atoms with van der Waals surface area (Å²) in [6.07, 6.45) is 2.81. The molecule has 0 saturated carbocycles. The van der Waals surface area contributed by atoms with E-state index >= 15 is 0 Å². The van der Waals surface area contributed by atoms with E-state index in [1.165, 1.54) is 0 Å². The molecule has 2 N–H and O–H groups in total. The van der Waals surface area contributed by atoms with Crippen molar-refractivity contribution in [3.8, 4) is 5.75 Å². The zero-order valence-corrected chi connectivity index (χ0v) is 21.4. The lowest BCUT2D eigenvalue weighted by Crippen LogP contribution is -2.58. The predicted molar refractivity (Wildman–Crippen MR) is 138 cm³/mol. The first-order chi connectivity index (χ1) is 17.9. The molecule has 0 bridgehead atoms. The van der Waals surface area contributed by atoms with Crippen molar-refractivity contribution in [3.63, 3.8) is 0 Å². The van der Waals surface area contributed by atoms with Crippen LogP contribution < -0.4 is 5.32 Å². The van der Waals surface area contributed by atoms with Crippen molar-refractivity contribution in [2.45, 2.75) is 50.7 Å². The molecule has 0 aliphatic carbocycles. The molecule has 2 saturated heterocycles. The van der Waals surface area contributed by atoms with Gasteiger partial charge in [-0.15, -0.1) is 5.01 Å². The van der Waals surface area contributed by atoms with Gasteiger partial charge in [0.2, 0.25) is 11.8 Å². The summed E-state index contributed by atoms with van der Waals surface area (Å²) in [5.74, 6) is -0.0836. The monoisotopic (exact) mass is 509 g/mol. The number of phenols is 1. The molecule has 9 heteroatoms. The number of hydrogen-bond acceptors (Lipinski definition) is 5. The van der Waals surface area contributed by atoms with E-state index in [0.717, 1.165) is 28.8 Å². The zero-order chi connectivity index (χ0) is 26.2. The summed E-state index contributed by atoms with van der Waals surface area (Å²) in [4.78, 5) is 43.0. The highest BCUT2D eigenvalue weighted by Gasteiger charge is 2.50. The predicted octanol–water partition coefficient (Wildman–Crippen LogP) is 2.66. The number of nitrogens with zero attached hydrogens (tertiary/aromatic N) is 3. The van der Waals surface area contributed by atoms with E-state index in [1.807, 2.05) is 30.3 Å². The highest BCUT2D eigenvalue weighted by atomic mass is 16.5. The summed E-state index contributed by atoms with van der Waals surface area (Å²) >= 11 is 0. The summed E-state index contributed by atoms with van der Waals surface area (Å²) in [7, 11) is 1.71. The van der Waals surface area contributed by atoms with Gasteiger partial charge in [-0.2, -0.15) is 0 Å². The fourth-order valence-corrected chi connectivity index (χ4v) is 5.11. The van der Waals surface area contributed by atoms with Crippen molar-refractivity contribution in [2.75, 3.05) is 33.4 Å². The maximum absolute atomic E-state index is 13.8. The Hall–Kier alpha value is -3.46. The summed E-state index contributed by atoms with van der Waals surface area (Å²) < 4.78 is 5.52. The lowest BCUT2D eigenvalue weighted by Gasteiger charge is -2.35. The molecule has 2 heterocycles. The van der Waals surface area contributed by atoms with Gasteiger partial charge in [0.05, 0.1) is 18.5 Å². The van der Waals surface area contributed by atoms with Gasteiger partial charge in [-0.25, -0.2) is 0 Å². The molecular weight excluding hydrogens is 472 g/mol. The smallest absolute Gasteiger partial charge is 0.265 e. The van der Waals surface area contributed by atoms with Crippen LogP contribution in [0.5, 0.6) is 5.75 Å². The molecule has 2 aliphatic rings. The van der Waals surface area contributed by atoms with Crippen LogP contribution in [0.1, 0.15) is 36.8 Å². The molecule has 9 nitrogen and oxygen atoms in total. The first kappa shape index (κ1) is 26.6. The number of amides is 2. The molecule has 0 spiro atoms. The fourth-order valence-electron chi connectivity index (χ4n) is 5.11. The van der Waals surface area contributed by atoms with Crippen LogP contribution in [0.3, 0.4) is 0 Å². The lowest BCUT2D eigenvalue weighted by molar-refractivity contribution is -0.707. The van der Waals surface area contributed by atoms with Gasteiger partial charge in [0.25, 0.3) is 6.04 Å². The molecule has 2 aliphatic heterocycles. The molecular formula is C28H37N4O5+. The molecule has 2 aromatic carbocycles. The van der Waals surface area contributed by atoms with Crippen molar-refractivity contribution < 1.29 is 24.3 Å². The molecule has 2 amide bonds. The van der Waals surface area contributed by atoms with Gasteiger partial charge in [0.15, 0.2) is 6.04 Å². The summed E-state index contributed by atoms with van der Waals surface area (Å²) in [6.45, 7) is 2.53. The number of aryl methyl sites for hydroxylation is 1. The molecule has 2 unspecified atom stereocenters. The third kappa shape index (κ3) is 7.07. The van der Waals surface area contributed by atoms with Gasteiger partial charge in [-0.1, -0.05) is 42.5 Å². The average Bonchev–Trinajstić information content (AvgIpc) is 3.25. The van der Waals surface area contributed by atoms with E-state index in [0.29, 0.717) is 45.7 Å². The second kappa shape index (κ2) is 12.7. The molecule has 2 aromatic rings. The number of aromatic hydroxyl groups is 1. The average molecular weight is 510 g/mol. The maximum Gasteiger partial charge on any atom is 0.265 e. The standard InChI is InChI=1S/C28H36N4O5/c1-30-16-13-25(32(30)36)27(28(35)29-19-22-5-3-2-4-6-22)31(20-23-14-17-37-18-15-23)26(34)12-9-21-7-10-24(33)11-8-21/h2-8,10-11,23,25,27H,9,12-20H2,1H3,(H-,29,33,35)/p+1. The van der Waals surface area contributed by atoms with E-state index in [9.17, 15) is 19.6 Å². The van der Waals surface area contributed by atoms with E-state index in [4.69, 9.17) is 4.74 Å². The van der Waals surface area contributed by atoms with Gasteiger partial charge >= 0.3 is 0 Å². The Balaban J connectivity index is 1.57. The first-order valence-corrected chi connectivity index (χ1v) is 13.1. The Bertz CT molecular complexity index is 1060. The Morgan fingerprint density at radius 3 is 2.43 bits per heavy atom.